The molecule has 162 valence electrons. The van der Waals surface area contributed by atoms with Crippen LogP contribution in [0.3, 0.4) is 0 Å². The molecule has 5 rings (SSSR count). The fourth-order valence-corrected chi connectivity index (χ4v) is 5.51. The van der Waals surface area contributed by atoms with Crippen LogP contribution in [0.2, 0.25) is 0 Å². The predicted molar refractivity (Wildman–Crippen MR) is 118 cm³/mol. The van der Waals surface area contributed by atoms with Gasteiger partial charge in [-0.1, -0.05) is 18.2 Å². The van der Waals surface area contributed by atoms with Crippen molar-refractivity contribution < 1.29 is 9.53 Å². The molecule has 3 aliphatic heterocycles. The first-order chi connectivity index (χ1) is 14.7. The van der Waals surface area contributed by atoms with E-state index >= 15 is 0 Å². The maximum Gasteiger partial charge on any atom is 0.240 e. The fraction of sp³-hybridized carbons (Fsp3) is 0.625. The molecule has 0 aliphatic carbocycles. The molecule has 1 aromatic carbocycles. The topological polar surface area (TPSA) is 49.7 Å². The summed E-state index contributed by atoms with van der Waals surface area (Å²) in [5, 5.41) is 4.33. The van der Waals surface area contributed by atoms with Gasteiger partial charge in [-0.2, -0.15) is 0 Å². The number of amides is 1. The molecule has 2 unspecified atom stereocenters. The lowest BCUT2D eigenvalue weighted by Gasteiger charge is -2.42. The van der Waals surface area contributed by atoms with Gasteiger partial charge in [0.1, 0.15) is 6.54 Å². The van der Waals surface area contributed by atoms with Crippen molar-refractivity contribution in [3.8, 4) is 0 Å². The van der Waals surface area contributed by atoms with Crippen LogP contribution in [0.15, 0.2) is 30.5 Å². The third kappa shape index (κ3) is 4.13. The predicted octanol–water partition coefficient (Wildman–Crippen LogP) is 2.61. The van der Waals surface area contributed by atoms with Crippen molar-refractivity contribution in [2.24, 2.45) is 0 Å². The Morgan fingerprint density at radius 3 is 2.97 bits per heavy atom. The molecule has 6 nitrogen and oxygen atoms in total. The minimum Gasteiger partial charge on any atom is -0.376 e. The van der Waals surface area contributed by atoms with Gasteiger partial charge in [0, 0.05) is 62.0 Å². The van der Waals surface area contributed by atoms with Gasteiger partial charge in [-0.3, -0.25) is 14.6 Å². The van der Waals surface area contributed by atoms with E-state index in [9.17, 15) is 4.79 Å². The third-order valence-electron chi connectivity index (χ3n) is 7.18. The molecule has 0 saturated carbocycles. The first-order valence-corrected chi connectivity index (χ1v) is 11.6. The number of nitrogens with one attached hydrogen (secondary N) is 1. The lowest BCUT2D eigenvalue weighted by molar-refractivity contribution is -0.122. The molecule has 0 spiro atoms. The van der Waals surface area contributed by atoms with E-state index in [0.717, 1.165) is 44.1 Å². The number of nitrogens with zero attached hydrogens (tertiary/aromatic N) is 3. The lowest BCUT2D eigenvalue weighted by atomic mass is 10.1. The molecular weight excluding hydrogens is 376 g/mol. The van der Waals surface area contributed by atoms with E-state index in [1.807, 2.05) is 0 Å². The number of benzene rings is 1. The summed E-state index contributed by atoms with van der Waals surface area (Å²) in [4.78, 5) is 17.9. The Morgan fingerprint density at radius 1 is 1.20 bits per heavy atom. The monoisotopic (exact) mass is 410 g/mol. The van der Waals surface area contributed by atoms with Crippen molar-refractivity contribution in [3.05, 3.63) is 36.0 Å². The molecule has 0 radical (unpaired) electrons. The number of carbonyl (C=O) groups excluding carboxylic acids is 1. The van der Waals surface area contributed by atoms with Crippen LogP contribution < -0.4 is 5.32 Å². The van der Waals surface area contributed by atoms with Crippen molar-refractivity contribution in [2.45, 2.75) is 63.9 Å². The van der Waals surface area contributed by atoms with Crippen LogP contribution >= 0.6 is 0 Å². The minimum absolute atomic E-state index is 0.0609. The molecular formula is C24H34N4O2. The number of ether oxygens (including phenoxy) is 1. The average molecular weight is 411 g/mol. The quantitative estimate of drug-likeness (QED) is 0.795. The van der Waals surface area contributed by atoms with Gasteiger partial charge in [0.05, 0.1) is 6.10 Å². The smallest absolute Gasteiger partial charge is 0.240 e. The molecule has 0 bridgehead atoms. The highest BCUT2D eigenvalue weighted by Gasteiger charge is 2.34. The number of fused-ring (bicyclic) bond motifs is 2. The SMILES string of the molecule is C[C@@H]1CN2CCCC2CN1Cc1cn(CC(=O)NCC2CCCO2)c2ccccc12. The van der Waals surface area contributed by atoms with Crippen molar-refractivity contribution in [1.82, 2.24) is 19.7 Å². The van der Waals surface area contributed by atoms with E-state index in [1.54, 1.807) is 0 Å². The van der Waals surface area contributed by atoms with Crippen LogP contribution in [-0.2, 0) is 22.6 Å². The van der Waals surface area contributed by atoms with Gasteiger partial charge in [-0.25, -0.2) is 0 Å². The number of aromatic nitrogens is 1. The van der Waals surface area contributed by atoms with E-state index in [-0.39, 0.29) is 12.0 Å². The fourth-order valence-electron chi connectivity index (χ4n) is 5.51. The van der Waals surface area contributed by atoms with E-state index in [1.165, 1.54) is 36.9 Å². The van der Waals surface area contributed by atoms with Crippen molar-refractivity contribution in [1.29, 1.82) is 0 Å². The standard InChI is InChI=1S/C24H34N4O2/c1-18-13-26-10-4-6-20(26)16-27(18)14-19-15-28(23-9-3-2-8-22(19)23)17-24(29)25-12-21-7-5-11-30-21/h2-3,8-9,15,18,20-21H,4-7,10-14,16-17H2,1H3,(H,25,29)/t18-,20?,21?/m1/s1. The van der Waals surface area contributed by atoms with Crippen LogP contribution in [0.1, 0.15) is 38.2 Å². The number of rotatable bonds is 6. The first-order valence-electron chi connectivity index (χ1n) is 11.6. The zero-order valence-corrected chi connectivity index (χ0v) is 18.1. The van der Waals surface area contributed by atoms with Gasteiger partial charge < -0.3 is 14.6 Å². The largest absolute Gasteiger partial charge is 0.376 e. The van der Waals surface area contributed by atoms with Gasteiger partial charge in [0.15, 0.2) is 0 Å². The molecule has 1 amide bonds. The molecule has 4 heterocycles. The van der Waals surface area contributed by atoms with Crippen LogP contribution in [-0.4, -0.2) is 71.2 Å². The van der Waals surface area contributed by atoms with E-state index in [0.29, 0.717) is 19.1 Å². The molecule has 1 N–H and O–H groups in total. The Labute approximate surface area is 179 Å². The van der Waals surface area contributed by atoms with Crippen LogP contribution in [0.25, 0.3) is 10.9 Å². The zero-order chi connectivity index (χ0) is 20.5. The Balaban J connectivity index is 1.29. The highest BCUT2D eigenvalue weighted by molar-refractivity contribution is 5.86. The normalized spacial score (nSPS) is 27.6. The number of para-hydroxylation sites is 1. The molecule has 6 heteroatoms. The van der Waals surface area contributed by atoms with Crippen LogP contribution in [0.5, 0.6) is 0 Å². The van der Waals surface area contributed by atoms with E-state index in [4.69, 9.17) is 4.74 Å². The van der Waals surface area contributed by atoms with Crippen molar-refractivity contribution in [3.63, 3.8) is 0 Å². The van der Waals surface area contributed by atoms with Gasteiger partial charge >= 0.3 is 0 Å². The summed E-state index contributed by atoms with van der Waals surface area (Å²) in [6.07, 6.45) is 7.19. The maximum atomic E-state index is 12.6. The van der Waals surface area contributed by atoms with Gasteiger partial charge in [-0.05, 0) is 50.8 Å². The highest BCUT2D eigenvalue weighted by atomic mass is 16.5. The summed E-state index contributed by atoms with van der Waals surface area (Å²) in [6, 6.07) is 9.78. The average Bonchev–Trinajstić information content (AvgIpc) is 3.48. The van der Waals surface area contributed by atoms with E-state index < -0.39 is 0 Å². The Bertz CT molecular complexity index is 888. The van der Waals surface area contributed by atoms with Crippen molar-refractivity contribution >= 4 is 16.8 Å². The summed E-state index contributed by atoms with van der Waals surface area (Å²) < 4.78 is 7.74. The lowest BCUT2D eigenvalue weighted by Crippen LogP contribution is -2.54. The number of hydrogen-bond donors (Lipinski definition) is 1. The third-order valence-corrected chi connectivity index (χ3v) is 7.18. The summed E-state index contributed by atoms with van der Waals surface area (Å²) in [6.45, 7) is 8.70. The molecule has 3 saturated heterocycles. The summed E-state index contributed by atoms with van der Waals surface area (Å²) >= 11 is 0. The number of carbonyl (C=O) groups is 1. The van der Waals surface area contributed by atoms with E-state index in [2.05, 4.69) is 57.1 Å². The first kappa shape index (κ1) is 20.0. The van der Waals surface area contributed by atoms with Gasteiger partial charge in [0.2, 0.25) is 5.91 Å². The summed E-state index contributed by atoms with van der Waals surface area (Å²) in [5.41, 5.74) is 2.47. The van der Waals surface area contributed by atoms with Gasteiger partial charge in [-0.15, -0.1) is 0 Å². The van der Waals surface area contributed by atoms with Crippen LogP contribution in [0, 0.1) is 0 Å². The second kappa shape index (κ2) is 8.69. The highest BCUT2D eigenvalue weighted by Crippen LogP contribution is 2.28. The zero-order valence-electron chi connectivity index (χ0n) is 18.1. The second-order valence-corrected chi connectivity index (χ2v) is 9.31. The van der Waals surface area contributed by atoms with Crippen LogP contribution in [0.4, 0.5) is 0 Å². The maximum absolute atomic E-state index is 12.6. The molecule has 3 aliphatic rings. The number of piperazine rings is 1. The second-order valence-electron chi connectivity index (χ2n) is 9.31. The van der Waals surface area contributed by atoms with Gasteiger partial charge in [0.25, 0.3) is 0 Å². The minimum atomic E-state index is 0.0609. The summed E-state index contributed by atoms with van der Waals surface area (Å²) in [7, 11) is 0. The van der Waals surface area contributed by atoms with Crippen molar-refractivity contribution in [2.75, 3.05) is 32.8 Å². The molecule has 3 fully saturated rings. The number of hydrogen-bond acceptors (Lipinski definition) is 4. The Hall–Kier alpha value is -1.89. The Kier molecular flexibility index (Phi) is 5.81. The summed E-state index contributed by atoms with van der Waals surface area (Å²) in [5.74, 6) is 0.0609. The molecule has 1 aromatic heterocycles. The molecule has 3 atom stereocenters. The molecule has 30 heavy (non-hydrogen) atoms. The Morgan fingerprint density at radius 2 is 2.10 bits per heavy atom. The molecule has 2 aromatic rings.